The van der Waals surface area contributed by atoms with Crippen molar-refractivity contribution in [3.05, 3.63) is 72.6 Å². The molecule has 0 radical (unpaired) electrons. The van der Waals surface area contributed by atoms with Gasteiger partial charge in [-0.2, -0.15) is 5.10 Å². The van der Waals surface area contributed by atoms with Crippen molar-refractivity contribution in [2.45, 2.75) is 12.3 Å². The van der Waals surface area contributed by atoms with E-state index >= 15 is 0 Å². The van der Waals surface area contributed by atoms with Crippen molar-refractivity contribution in [3.8, 4) is 11.1 Å². The molecule has 2 atom stereocenters. The van der Waals surface area contributed by atoms with E-state index in [2.05, 4.69) is 22.5 Å². The third kappa shape index (κ3) is 2.83. The van der Waals surface area contributed by atoms with Gasteiger partial charge in [0.2, 0.25) is 5.91 Å². The molecular weight excluding hydrogens is 298 g/mol. The molecule has 1 N–H and O–H groups in total. The average molecular weight is 317 g/mol. The van der Waals surface area contributed by atoms with Crippen LogP contribution in [-0.2, 0) is 11.8 Å². The molecule has 1 aromatic heterocycles. The lowest BCUT2D eigenvalue weighted by atomic mass is 10.0. The van der Waals surface area contributed by atoms with Crippen molar-refractivity contribution >= 4 is 11.6 Å². The van der Waals surface area contributed by atoms with Crippen LogP contribution >= 0.6 is 0 Å². The average Bonchev–Trinajstić information content (AvgIpc) is 3.30. The lowest BCUT2D eigenvalue weighted by Gasteiger charge is -2.11. The smallest absolute Gasteiger partial charge is 0.228 e. The van der Waals surface area contributed by atoms with Gasteiger partial charge < -0.3 is 5.32 Å². The number of rotatable bonds is 4. The second kappa shape index (κ2) is 5.96. The fourth-order valence-electron chi connectivity index (χ4n) is 3.17. The highest BCUT2D eigenvalue weighted by atomic mass is 16.2. The van der Waals surface area contributed by atoms with E-state index in [0.29, 0.717) is 5.92 Å². The minimum Gasteiger partial charge on any atom is -0.325 e. The van der Waals surface area contributed by atoms with E-state index in [-0.39, 0.29) is 11.8 Å². The first-order valence-electron chi connectivity index (χ1n) is 8.16. The highest BCUT2D eigenvalue weighted by Gasteiger charge is 2.44. The molecule has 4 nitrogen and oxygen atoms in total. The van der Waals surface area contributed by atoms with Crippen LogP contribution in [0.1, 0.15) is 17.9 Å². The molecule has 0 bridgehead atoms. The van der Waals surface area contributed by atoms with Gasteiger partial charge in [-0.05, 0) is 29.5 Å². The highest BCUT2D eigenvalue weighted by Crippen LogP contribution is 2.48. The molecule has 1 amide bonds. The molecule has 0 aliphatic heterocycles. The predicted octanol–water partition coefficient (Wildman–Crippen LogP) is 3.83. The number of anilines is 1. The number of para-hydroxylation sites is 1. The molecule has 4 heteroatoms. The number of amides is 1. The highest BCUT2D eigenvalue weighted by molar-refractivity contribution is 5.98. The van der Waals surface area contributed by atoms with Crippen LogP contribution in [0.3, 0.4) is 0 Å². The summed E-state index contributed by atoms with van der Waals surface area (Å²) in [6, 6.07) is 18.1. The number of nitrogens with one attached hydrogen (secondary N) is 1. The van der Waals surface area contributed by atoms with Crippen molar-refractivity contribution in [1.82, 2.24) is 9.78 Å². The van der Waals surface area contributed by atoms with Gasteiger partial charge in [0.15, 0.2) is 0 Å². The monoisotopic (exact) mass is 317 g/mol. The summed E-state index contributed by atoms with van der Waals surface area (Å²) in [6.07, 6.45) is 4.75. The Hall–Kier alpha value is -2.88. The number of benzene rings is 2. The molecule has 1 fully saturated rings. The number of hydrogen-bond acceptors (Lipinski definition) is 2. The zero-order valence-electron chi connectivity index (χ0n) is 13.5. The minimum absolute atomic E-state index is 0.0398. The Balaban J connectivity index is 1.51. The van der Waals surface area contributed by atoms with Gasteiger partial charge in [0.25, 0.3) is 0 Å². The third-order valence-electron chi connectivity index (χ3n) is 4.55. The standard InChI is InChI=1S/C20H19N3O/c1-23-13-15(12-21-23)17-11-18(17)20(24)22-19-10-6-5-9-16(19)14-7-3-2-4-8-14/h2-10,12-13,17-18H,11H2,1H3,(H,22,24). The molecule has 2 aromatic carbocycles. The summed E-state index contributed by atoms with van der Waals surface area (Å²) < 4.78 is 1.79. The summed E-state index contributed by atoms with van der Waals surface area (Å²) in [7, 11) is 1.90. The Bertz CT molecular complexity index is 869. The van der Waals surface area contributed by atoms with Gasteiger partial charge in [0, 0.05) is 30.4 Å². The van der Waals surface area contributed by atoms with Gasteiger partial charge in [-0.25, -0.2) is 0 Å². The summed E-state index contributed by atoms with van der Waals surface area (Å²) in [5.74, 6) is 0.424. The van der Waals surface area contributed by atoms with Gasteiger partial charge in [0.1, 0.15) is 0 Å². The van der Waals surface area contributed by atoms with E-state index in [9.17, 15) is 4.79 Å². The first kappa shape index (κ1) is 14.7. The maximum Gasteiger partial charge on any atom is 0.228 e. The number of hydrogen-bond donors (Lipinski definition) is 1. The van der Waals surface area contributed by atoms with Gasteiger partial charge in [-0.3, -0.25) is 9.48 Å². The molecule has 2 unspecified atom stereocenters. The summed E-state index contributed by atoms with van der Waals surface area (Å²) in [5, 5.41) is 7.31. The van der Waals surface area contributed by atoms with Crippen LogP contribution in [0.25, 0.3) is 11.1 Å². The van der Waals surface area contributed by atoms with Crippen molar-refractivity contribution < 1.29 is 4.79 Å². The van der Waals surface area contributed by atoms with E-state index in [1.807, 2.05) is 61.9 Å². The number of aryl methyl sites for hydroxylation is 1. The number of carbonyl (C=O) groups is 1. The van der Waals surface area contributed by atoms with Crippen LogP contribution < -0.4 is 5.32 Å². The zero-order valence-corrected chi connectivity index (χ0v) is 13.5. The zero-order chi connectivity index (χ0) is 16.5. The maximum atomic E-state index is 12.6. The van der Waals surface area contributed by atoms with Crippen molar-refractivity contribution in [1.29, 1.82) is 0 Å². The van der Waals surface area contributed by atoms with Crippen LogP contribution in [0.4, 0.5) is 5.69 Å². The summed E-state index contributed by atoms with van der Waals surface area (Å²) >= 11 is 0. The molecule has 4 rings (SSSR count). The molecule has 0 saturated heterocycles. The number of nitrogens with zero attached hydrogens (tertiary/aromatic N) is 2. The van der Waals surface area contributed by atoms with Crippen LogP contribution in [0.2, 0.25) is 0 Å². The normalized spacial score (nSPS) is 19.0. The second-order valence-electron chi connectivity index (χ2n) is 6.30. The van der Waals surface area contributed by atoms with E-state index in [0.717, 1.165) is 28.8 Å². The third-order valence-corrected chi connectivity index (χ3v) is 4.55. The molecular formula is C20H19N3O. The molecule has 1 heterocycles. The second-order valence-corrected chi connectivity index (χ2v) is 6.30. The Morgan fingerprint density at radius 3 is 2.62 bits per heavy atom. The van der Waals surface area contributed by atoms with E-state index in [1.54, 1.807) is 4.68 Å². The fourth-order valence-corrected chi connectivity index (χ4v) is 3.17. The van der Waals surface area contributed by atoms with Gasteiger partial charge >= 0.3 is 0 Å². The minimum atomic E-state index is 0.0398. The van der Waals surface area contributed by atoms with Gasteiger partial charge in [-0.1, -0.05) is 48.5 Å². The molecule has 0 spiro atoms. The van der Waals surface area contributed by atoms with Crippen molar-refractivity contribution in [2.24, 2.45) is 13.0 Å². The Morgan fingerprint density at radius 1 is 1.12 bits per heavy atom. The van der Waals surface area contributed by atoms with E-state index < -0.39 is 0 Å². The first-order chi connectivity index (χ1) is 11.7. The first-order valence-corrected chi connectivity index (χ1v) is 8.16. The molecule has 3 aromatic rings. The SMILES string of the molecule is Cn1cc(C2CC2C(=O)Nc2ccccc2-c2ccccc2)cn1. The lowest BCUT2D eigenvalue weighted by molar-refractivity contribution is -0.117. The van der Waals surface area contributed by atoms with Crippen LogP contribution in [-0.4, -0.2) is 15.7 Å². The number of aromatic nitrogens is 2. The molecule has 1 saturated carbocycles. The topological polar surface area (TPSA) is 46.9 Å². The largest absolute Gasteiger partial charge is 0.325 e. The lowest BCUT2D eigenvalue weighted by Crippen LogP contribution is -2.15. The van der Waals surface area contributed by atoms with Crippen LogP contribution in [0.15, 0.2) is 67.0 Å². The molecule has 120 valence electrons. The van der Waals surface area contributed by atoms with Crippen molar-refractivity contribution in [2.75, 3.05) is 5.32 Å². The van der Waals surface area contributed by atoms with Crippen LogP contribution in [0.5, 0.6) is 0 Å². The molecule has 1 aliphatic rings. The number of carbonyl (C=O) groups excluding carboxylic acids is 1. The summed E-state index contributed by atoms with van der Waals surface area (Å²) in [4.78, 5) is 12.6. The summed E-state index contributed by atoms with van der Waals surface area (Å²) in [5.41, 5.74) is 4.16. The predicted molar refractivity (Wildman–Crippen MR) is 94.6 cm³/mol. The van der Waals surface area contributed by atoms with Crippen LogP contribution in [0, 0.1) is 5.92 Å². The van der Waals surface area contributed by atoms with E-state index in [4.69, 9.17) is 0 Å². The summed E-state index contributed by atoms with van der Waals surface area (Å²) in [6.45, 7) is 0. The van der Waals surface area contributed by atoms with E-state index in [1.165, 1.54) is 0 Å². The maximum absolute atomic E-state index is 12.6. The van der Waals surface area contributed by atoms with Gasteiger partial charge in [-0.15, -0.1) is 0 Å². The quantitative estimate of drug-likeness (QED) is 0.795. The Kier molecular flexibility index (Phi) is 3.65. The van der Waals surface area contributed by atoms with Gasteiger partial charge in [0.05, 0.1) is 6.20 Å². The van der Waals surface area contributed by atoms with Crippen molar-refractivity contribution in [3.63, 3.8) is 0 Å². The molecule has 24 heavy (non-hydrogen) atoms. The Morgan fingerprint density at radius 2 is 1.88 bits per heavy atom. The fraction of sp³-hybridized carbons (Fsp3) is 0.200. The molecule has 1 aliphatic carbocycles. The Labute approximate surface area is 141 Å².